The van der Waals surface area contributed by atoms with Gasteiger partial charge < -0.3 is 14.6 Å². The monoisotopic (exact) mass is 378 g/mol. The number of rotatable bonds is 19. The van der Waals surface area contributed by atoms with Crippen molar-refractivity contribution >= 4 is 0 Å². The van der Waals surface area contributed by atoms with Crippen molar-refractivity contribution < 1.29 is 14.6 Å². The fraction of sp³-hybridized carbons (Fsp3) is 0.750. The fourth-order valence-corrected chi connectivity index (χ4v) is 3.23. The Morgan fingerprint density at radius 2 is 1.33 bits per heavy atom. The van der Waals surface area contributed by atoms with Gasteiger partial charge in [-0.3, -0.25) is 0 Å². The molecule has 0 fully saturated rings. The van der Waals surface area contributed by atoms with E-state index in [1.54, 1.807) is 0 Å². The molecular formula is C24H42O3. The summed E-state index contributed by atoms with van der Waals surface area (Å²) in [6.07, 6.45) is 15.9. The maximum absolute atomic E-state index is 9.41. The number of unbranched alkanes of at least 4 members (excludes halogenated alkanes) is 11. The highest BCUT2D eigenvalue weighted by Crippen LogP contribution is 2.12. The molecule has 0 aliphatic rings. The van der Waals surface area contributed by atoms with Crippen LogP contribution in [0.1, 0.15) is 89.5 Å². The minimum atomic E-state index is -0.207. The molecule has 0 radical (unpaired) electrons. The van der Waals surface area contributed by atoms with Crippen molar-refractivity contribution in [3.63, 3.8) is 0 Å². The topological polar surface area (TPSA) is 38.7 Å². The van der Waals surface area contributed by atoms with Gasteiger partial charge in [-0.05, 0) is 12.0 Å². The van der Waals surface area contributed by atoms with E-state index >= 15 is 0 Å². The van der Waals surface area contributed by atoms with Crippen molar-refractivity contribution in [2.45, 2.75) is 96.7 Å². The van der Waals surface area contributed by atoms with Gasteiger partial charge in [0, 0.05) is 6.61 Å². The minimum absolute atomic E-state index is 0.0209. The Bertz CT molecular complexity index is 407. The maximum atomic E-state index is 9.41. The number of hydrogen-bond acceptors (Lipinski definition) is 3. The number of ether oxygens (including phenoxy) is 2. The highest BCUT2D eigenvalue weighted by molar-refractivity contribution is 5.13. The number of aliphatic hydroxyl groups is 1. The summed E-state index contributed by atoms with van der Waals surface area (Å²) >= 11 is 0. The summed E-state index contributed by atoms with van der Waals surface area (Å²) in [5.41, 5.74) is 1.15. The average molecular weight is 379 g/mol. The fourth-order valence-electron chi connectivity index (χ4n) is 3.23. The summed E-state index contributed by atoms with van der Waals surface area (Å²) < 4.78 is 11.4. The molecule has 3 nitrogen and oxygen atoms in total. The molecule has 1 atom stereocenters. The molecule has 0 saturated heterocycles. The normalized spacial score (nSPS) is 12.4. The van der Waals surface area contributed by atoms with Crippen LogP contribution in [0.25, 0.3) is 0 Å². The van der Waals surface area contributed by atoms with Gasteiger partial charge in [-0.1, -0.05) is 108 Å². The Hall–Kier alpha value is -0.900. The van der Waals surface area contributed by atoms with Crippen molar-refractivity contribution in [1.29, 1.82) is 0 Å². The van der Waals surface area contributed by atoms with Gasteiger partial charge in [0.25, 0.3) is 0 Å². The summed E-state index contributed by atoms with van der Waals surface area (Å²) in [4.78, 5) is 0. The molecule has 0 spiro atoms. The molecule has 0 aromatic heterocycles. The van der Waals surface area contributed by atoms with Gasteiger partial charge in [-0.15, -0.1) is 0 Å². The molecule has 1 rings (SSSR count). The lowest BCUT2D eigenvalue weighted by Crippen LogP contribution is -2.24. The molecule has 0 heterocycles. The maximum Gasteiger partial charge on any atom is 0.104 e. The van der Waals surface area contributed by atoms with E-state index < -0.39 is 0 Å². The van der Waals surface area contributed by atoms with Crippen LogP contribution >= 0.6 is 0 Å². The Balaban J connectivity index is 1.85. The zero-order valence-electron chi connectivity index (χ0n) is 17.5. The Labute approximate surface area is 167 Å². The second-order valence-corrected chi connectivity index (χ2v) is 7.57. The quantitative estimate of drug-likeness (QED) is 0.288. The molecule has 0 unspecified atom stereocenters. The van der Waals surface area contributed by atoms with Crippen LogP contribution < -0.4 is 0 Å². The van der Waals surface area contributed by atoms with Crippen LogP contribution in [-0.2, 0) is 16.1 Å². The van der Waals surface area contributed by atoms with Crippen LogP contribution in [0.2, 0.25) is 0 Å². The smallest absolute Gasteiger partial charge is 0.104 e. The van der Waals surface area contributed by atoms with E-state index in [0.29, 0.717) is 13.2 Å². The summed E-state index contributed by atoms with van der Waals surface area (Å²) in [6.45, 7) is 4.03. The SMILES string of the molecule is CCCCCCCCCCCCCCO[C@@H](CO)COCc1ccccc1. The van der Waals surface area contributed by atoms with Crippen molar-refractivity contribution in [3.8, 4) is 0 Å². The van der Waals surface area contributed by atoms with Crippen molar-refractivity contribution in [3.05, 3.63) is 35.9 Å². The molecule has 3 heteroatoms. The van der Waals surface area contributed by atoms with Gasteiger partial charge in [0.2, 0.25) is 0 Å². The molecule has 156 valence electrons. The highest BCUT2D eigenvalue weighted by Gasteiger charge is 2.07. The third-order valence-corrected chi connectivity index (χ3v) is 4.97. The van der Waals surface area contributed by atoms with Gasteiger partial charge in [-0.2, -0.15) is 0 Å². The van der Waals surface area contributed by atoms with Crippen molar-refractivity contribution in [2.75, 3.05) is 19.8 Å². The predicted octanol–water partition coefficient (Wildman–Crippen LogP) is 6.28. The predicted molar refractivity (Wildman–Crippen MR) is 114 cm³/mol. The lowest BCUT2D eigenvalue weighted by Gasteiger charge is -2.15. The minimum Gasteiger partial charge on any atom is -0.394 e. The molecule has 0 aliphatic carbocycles. The first-order valence-electron chi connectivity index (χ1n) is 11.2. The molecule has 1 N–H and O–H groups in total. The number of benzene rings is 1. The van der Waals surface area contributed by atoms with Crippen molar-refractivity contribution in [1.82, 2.24) is 0 Å². The third-order valence-electron chi connectivity index (χ3n) is 4.97. The van der Waals surface area contributed by atoms with E-state index in [9.17, 15) is 5.11 Å². The Kier molecular flexibility index (Phi) is 16.5. The van der Waals surface area contributed by atoms with Crippen LogP contribution in [0.4, 0.5) is 0 Å². The third kappa shape index (κ3) is 14.8. The molecule has 0 saturated carbocycles. The number of aliphatic hydroxyl groups excluding tert-OH is 1. The largest absolute Gasteiger partial charge is 0.394 e. The first-order chi connectivity index (χ1) is 13.4. The van der Waals surface area contributed by atoms with Crippen LogP contribution in [-0.4, -0.2) is 31.0 Å². The second-order valence-electron chi connectivity index (χ2n) is 7.57. The zero-order chi connectivity index (χ0) is 19.4. The Morgan fingerprint density at radius 3 is 1.89 bits per heavy atom. The molecule has 0 bridgehead atoms. The van der Waals surface area contributed by atoms with Crippen LogP contribution in [0, 0.1) is 0 Å². The van der Waals surface area contributed by atoms with Crippen LogP contribution in [0.15, 0.2) is 30.3 Å². The van der Waals surface area contributed by atoms with E-state index in [2.05, 4.69) is 6.92 Å². The van der Waals surface area contributed by atoms with Crippen LogP contribution in [0.3, 0.4) is 0 Å². The standard InChI is InChI=1S/C24H42O3/c1-2-3-4-5-6-7-8-9-10-11-12-16-19-27-24(20-25)22-26-21-23-17-14-13-15-18-23/h13-15,17-18,24-25H,2-12,16,19-22H2,1H3/t24-/m0/s1. The molecule has 1 aromatic rings. The van der Waals surface area contributed by atoms with E-state index in [-0.39, 0.29) is 12.7 Å². The molecular weight excluding hydrogens is 336 g/mol. The van der Waals surface area contributed by atoms with Gasteiger partial charge in [0.15, 0.2) is 0 Å². The van der Waals surface area contributed by atoms with Gasteiger partial charge in [0.1, 0.15) is 6.10 Å². The number of hydrogen-bond donors (Lipinski definition) is 1. The second kappa shape index (κ2) is 18.5. The van der Waals surface area contributed by atoms with Gasteiger partial charge in [0.05, 0.1) is 19.8 Å². The molecule has 0 amide bonds. The lowest BCUT2D eigenvalue weighted by atomic mass is 10.1. The summed E-state index contributed by atoms with van der Waals surface area (Å²) in [6, 6.07) is 10.1. The van der Waals surface area contributed by atoms with Gasteiger partial charge in [-0.25, -0.2) is 0 Å². The molecule has 27 heavy (non-hydrogen) atoms. The first kappa shape index (κ1) is 24.1. The van der Waals surface area contributed by atoms with E-state index in [0.717, 1.165) is 18.6 Å². The lowest BCUT2D eigenvalue weighted by molar-refractivity contribution is -0.0473. The van der Waals surface area contributed by atoms with E-state index in [1.165, 1.54) is 70.6 Å². The molecule has 1 aromatic carbocycles. The van der Waals surface area contributed by atoms with Crippen molar-refractivity contribution in [2.24, 2.45) is 0 Å². The average Bonchev–Trinajstić information content (AvgIpc) is 2.71. The van der Waals surface area contributed by atoms with Crippen LogP contribution in [0.5, 0.6) is 0 Å². The molecule has 0 aliphatic heterocycles. The summed E-state index contributed by atoms with van der Waals surface area (Å²) in [7, 11) is 0. The highest BCUT2D eigenvalue weighted by atomic mass is 16.5. The van der Waals surface area contributed by atoms with Gasteiger partial charge >= 0.3 is 0 Å². The first-order valence-corrected chi connectivity index (χ1v) is 11.2. The summed E-state index contributed by atoms with van der Waals surface area (Å²) in [5.74, 6) is 0. The Morgan fingerprint density at radius 1 is 0.778 bits per heavy atom. The van der Waals surface area contributed by atoms with E-state index in [1.807, 2.05) is 30.3 Å². The zero-order valence-corrected chi connectivity index (χ0v) is 17.5. The summed E-state index contributed by atoms with van der Waals surface area (Å²) in [5, 5.41) is 9.41. The van der Waals surface area contributed by atoms with E-state index in [4.69, 9.17) is 9.47 Å².